The Morgan fingerprint density at radius 3 is 2.71 bits per heavy atom. The minimum atomic E-state index is 0.101. The second kappa shape index (κ2) is 6.16. The Hall–Kier alpha value is -1.39. The lowest BCUT2D eigenvalue weighted by atomic mass is 10.1. The van der Waals surface area contributed by atoms with Crippen molar-refractivity contribution >= 4 is 11.6 Å². The number of carbonyl (C=O) groups excluding carboxylic acids is 1. The van der Waals surface area contributed by atoms with Crippen molar-refractivity contribution in [3.63, 3.8) is 0 Å². The largest absolute Gasteiger partial charge is 0.364 e. The van der Waals surface area contributed by atoms with Crippen LogP contribution in [-0.4, -0.2) is 37.7 Å². The molecule has 1 aliphatic heterocycles. The summed E-state index contributed by atoms with van der Waals surface area (Å²) in [7, 11) is 0. The fourth-order valence-corrected chi connectivity index (χ4v) is 3.62. The van der Waals surface area contributed by atoms with E-state index in [4.69, 9.17) is 4.74 Å². The zero-order chi connectivity index (χ0) is 14.8. The van der Waals surface area contributed by atoms with Crippen LogP contribution in [0.1, 0.15) is 31.4 Å². The van der Waals surface area contributed by atoms with Gasteiger partial charge in [-0.05, 0) is 56.4 Å². The summed E-state index contributed by atoms with van der Waals surface area (Å²) in [6.45, 7) is 6.49. The topological polar surface area (TPSA) is 42.8 Å². The van der Waals surface area contributed by atoms with Gasteiger partial charge in [-0.1, -0.05) is 6.07 Å². The minimum absolute atomic E-state index is 0.101. The van der Waals surface area contributed by atoms with E-state index in [1.165, 1.54) is 28.9 Å². The average Bonchev–Trinajstić information content (AvgIpc) is 2.84. The number of amides is 1. The zero-order valence-electron chi connectivity index (χ0n) is 12.9. The van der Waals surface area contributed by atoms with Crippen LogP contribution in [0.4, 0.5) is 5.69 Å². The lowest BCUT2D eigenvalue weighted by Gasteiger charge is -2.31. The Morgan fingerprint density at radius 1 is 1.24 bits per heavy atom. The quantitative estimate of drug-likeness (QED) is 0.864. The molecule has 1 heterocycles. The van der Waals surface area contributed by atoms with Gasteiger partial charge in [0.05, 0.1) is 0 Å². The highest BCUT2D eigenvalue weighted by Crippen LogP contribution is 2.24. The average molecular weight is 289 g/mol. The number of ether oxygens (including phenoxy) is 1. The number of nitrogens with one attached hydrogen (secondary N) is 2. The van der Waals surface area contributed by atoms with Crippen molar-refractivity contribution in [1.82, 2.24) is 0 Å². The SMILES string of the molecule is C[C@H]1C[NH+](CC(=O)Nc2ccc3c(c2)CCC3)C[C@H](C)O1. The molecular formula is C17H25N2O2+. The van der Waals surface area contributed by atoms with Crippen molar-refractivity contribution < 1.29 is 14.4 Å². The number of hydrogen-bond acceptors (Lipinski definition) is 2. The number of benzene rings is 1. The molecule has 1 aromatic rings. The first-order valence-electron chi connectivity index (χ1n) is 8.01. The molecule has 4 nitrogen and oxygen atoms in total. The summed E-state index contributed by atoms with van der Waals surface area (Å²) in [5.74, 6) is 0.101. The van der Waals surface area contributed by atoms with Gasteiger partial charge in [0.15, 0.2) is 6.54 Å². The molecule has 0 aromatic heterocycles. The van der Waals surface area contributed by atoms with Crippen molar-refractivity contribution in [2.45, 2.75) is 45.3 Å². The van der Waals surface area contributed by atoms with E-state index in [0.717, 1.165) is 25.2 Å². The van der Waals surface area contributed by atoms with Crippen molar-refractivity contribution in [2.75, 3.05) is 25.0 Å². The van der Waals surface area contributed by atoms with E-state index in [9.17, 15) is 4.79 Å². The fourth-order valence-electron chi connectivity index (χ4n) is 3.62. The minimum Gasteiger partial charge on any atom is -0.364 e. The van der Waals surface area contributed by atoms with Crippen LogP contribution in [-0.2, 0) is 22.4 Å². The first-order valence-corrected chi connectivity index (χ1v) is 8.01. The molecule has 2 N–H and O–H groups in total. The molecule has 21 heavy (non-hydrogen) atoms. The molecule has 3 rings (SSSR count). The van der Waals surface area contributed by atoms with E-state index in [2.05, 4.69) is 31.3 Å². The molecule has 2 atom stereocenters. The summed E-state index contributed by atoms with van der Waals surface area (Å²) in [6.07, 6.45) is 4.02. The summed E-state index contributed by atoms with van der Waals surface area (Å²) >= 11 is 0. The number of fused-ring (bicyclic) bond motifs is 1. The molecule has 1 aliphatic carbocycles. The van der Waals surface area contributed by atoms with Crippen molar-refractivity contribution in [2.24, 2.45) is 0 Å². The van der Waals surface area contributed by atoms with Crippen LogP contribution >= 0.6 is 0 Å². The highest BCUT2D eigenvalue weighted by molar-refractivity contribution is 5.91. The van der Waals surface area contributed by atoms with Crippen molar-refractivity contribution in [1.29, 1.82) is 0 Å². The van der Waals surface area contributed by atoms with Crippen molar-refractivity contribution in [3.05, 3.63) is 29.3 Å². The van der Waals surface area contributed by atoms with Crippen LogP contribution in [0.5, 0.6) is 0 Å². The second-order valence-corrected chi connectivity index (χ2v) is 6.48. The molecule has 4 heteroatoms. The molecule has 1 fully saturated rings. The summed E-state index contributed by atoms with van der Waals surface area (Å²) < 4.78 is 5.71. The van der Waals surface area contributed by atoms with E-state index in [0.29, 0.717) is 6.54 Å². The van der Waals surface area contributed by atoms with E-state index in [-0.39, 0.29) is 18.1 Å². The smallest absolute Gasteiger partial charge is 0.279 e. The number of quaternary nitrogens is 1. The van der Waals surface area contributed by atoms with Gasteiger partial charge in [-0.3, -0.25) is 4.79 Å². The number of hydrogen-bond donors (Lipinski definition) is 2. The number of anilines is 1. The van der Waals surface area contributed by atoms with E-state index < -0.39 is 0 Å². The van der Waals surface area contributed by atoms with Crippen LogP contribution < -0.4 is 10.2 Å². The molecule has 0 unspecified atom stereocenters. The third-order valence-corrected chi connectivity index (χ3v) is 4.41. The molecule has 1 saturated heterocycles. The maximum absolute atomic E-state index is 12.2. The summed E-state index contributed by atoms with van der Waals surface area (Å²) in [5, 5.41) is 3.05. The normalized spacial score (nSPS) is 28.2. The Kier molecular flexibility index (Phi) is 4.27. The Morgan fingerprint density at radius 2 is 1.95 bits per heavy atom. The van der Waals surface area contributed by atoms with Crippen LogP contribution in [0, 0.1) is 0 Å². The standard InChI is InChI=1S/C17H24N2O2/c1-12-9-19(10-13(2)21-12)11-17(20)18-16-7-6-14-4-3-5-15(14)8-16/h6-8,12-13H,3-5,9-11H2,1-2H3,(H,18,20)/p+1/t12-,13-/m0/s1. The van der Waals surface area contributed by atoms with Gasteiger partial charge in [0.2, 0.25) is 0 Å². The summed E-state index contributed by atoms with van der Waals surface area (Å²) in [5.41, 5.74) is 3.78. The first kappa shape index (κ1) is 14.5. The maximum atomic E-state index is 12.2. The zero-order valence-corrected chi connectivity index (χ0v) is 12.9. The van der Waals surface area contributed by atoms with Crippen LogP contribution in [0.25, 0.3) is 0 Å². The van der Waals surface area contributed by atoms with Gasteiger partial charge < -0.3 is 15.0 Å². The Balaban J connectivity index is 1.56. The number of rotatable bonds is 3. The highest BCUT2D eigenvalue weighted by Gasteiger charge is 2.27. The third-order valence-electron chi connectivity index (χ3n) is 4.41. The lowest BCUT2D eigenvalue weighted by molar-refractivity contribution is -0.907. The van der Waals surface area contributed by atoms with Crippen molar-refractivity contribution in [3.8, 4) is 0 Å². The van der Waals surface area contributed by atoms with E-state index in [1.54, 1.807) is 0 Å². The molecule has 0 spiro atoms. The van der Waals surface area contributed by atoms with E-state index in [1.807, 2.05) is 6.07 Å². The second-order valence-electron chi connectivity index (χ2n) is 6.48. The number of carbonyl (C=O) groups is 1. The van der Waals surface area contributed by atoms with Gasteiger partial charge in [-0.15, -0.1) is 0 Å². The third kappa shape index (κ3) is 3.63. The highest BCUT2D eigenvalue weighted by atomic mass is 16.5. The molecule has 0 saturated carbocycles. The molecule has 2 aliphatic rings. The first-order chi connectivity index (χ1) is 10.1. The molecule has 1 aromatic carbocycles. The van der Waals surface area contributed by atoms with Gasteiger partial charge >= 0.3 is 0 Å². The van der Waals surface area contributed by atoms with Gasteiger partial charge in [0.25, 0.3) is 5.91 Å². The van der Waals surface area contributed by atoms with E-state index >= 15 is 0 Å². The predicted molar refractivity (Wildman–Crippen MR) is 82.7 cm³/mol. The predicted octanol–water partition coefficient (Wildman–Crippen LogP) is 0.806. The van der Waals surface area contributed by atoms with Crippen LogP contribution in [0.2, 0.25) is 0 Å². The summed E-state index contributed by atoms with van der Waals surface area (Å²) in [6, 6.07) is 6.33. The van der Waals surface area contributed by atoms with Crippen LogP contribution in [0.15, 0.2) is 18.2 Å². The van der Waals surface area contributed by atoms with Crippen LogP contribution in [0.3, 0.4) is 0 Å². The number of aryl methyl sites for hydroxylation is 2. The van der Waals surface area contributed by atoms with Gasteiger partial charge in [0.1, 0.15) is 25.3 Å². The number of morpholine rings is 1. The lowest BCUT2D eigenvalue weighted by Crippen LogP contribution is -3.16. The maximum Gasteiger partial charge on any atom is 0.279 e. The van der Waals surface area contributed by atoms with Gasteiger partial charge in [0, 0.05) is 5.69 Å². The van der Waals surface area contributed by atoms with Gasteiger partial charge in [-0.25, -0.2) is 0 Å². The fraction of sp³-hybridized carbons (Fsp3) is 0.588. The Labute approximate surface area is 126 Å². The molecule has 0 bridgehead atoms. The Bertz CT molecular complexity index is 520. The monoisotopic (exact) mass is 289 g/mol. The van der Waals surface area contributed by atoms with Gasteiger partial charge in [-0.2, -0.15) is 0 Å². The molecular weight excluding hydrogens is 264 g/mol. The molecule has 114 valence electrons. The molecule has 0 radical (unpaired) electrons. The molecule has 1 amide bonds. The summed E-state index contributed by atoms with van der Waals surface area (Å²) in [4.78, 5) is 13.5.